The molecule has 1 amide bonds. The number of nitrogens with two attached hydrogens (primary N) is 1. The number of fused-ring (bicyclic) bond motifs is 2. The maximum Gasteiger partial charge on any atom is 0.253 e. The molecule has 1 saturated carbocycles. The topological polar surface area (TPSA) is 46.3 Å². The molecule has 2 fully saturated rings. The quantitative estimate of drug-likeness (QED) is 0.878. The van der Waals surface area contributed by atoms with Crippen LogP contribution < -0.4 is 5.73 Å². The third-order valence-electron chi connectivity index (χ3n) is 5.44. The summed E-state index contributed by atoms with van der Waals surface area (Å²) in [5, 5.41) is 2.30. The van der Waals surface area contributed by atoms with Gasteiger partial charge < -0.3 is 10.6 Å². The highest BCUT2D eigenvalue weighted by Crippen LogP contribution is 2.36. The van der Waals surface area contributed by atoms with Gasteiger partial charge in [0.2, 0.25) is 0 Å². The van der Waals surface area contributed by atoms with E-state index in [-0.39, 0.29) is 11.9 Å². The van der Waals surface area contributed by atoms with Gasteiger partial charge in [-0.15, -0.1) is 0 Å². The van der Waals surface area contributed by atoms with E-state index in [0.29, 0.717) is 11.8 Å². The highest BCUT2D eigenvalue weighted by atomic mass is 16.2. The molecule has 1 heterocycles. The van der Waals surface area contributed by atoms with Gasteiger partial charge in [-0.2, -0.15) is 0 Å². The highest BCUT2D eigenvalue weighted by Gasteiger charge is 2.40. The standard InChI is InChI=1S/C19H22N2O/c20-18-7-3-6-16-11-21(12-17(16)18)19(22)15-9-8-13-4-1-2-5-14(13)10-15/h1-2,4-5,8-10,16-18H,3,6-7,11-12,20H2. The van der Waals surface area contributed by atoms with Crippen LogP contribution in [0.4, 0.5) is 0 Å². The number of carbonyl (C=O) groups excluding carboxylic acids is 1. The minimum Gasteiger partial charge on any atom is -0.338 e. The molecule has 0 spiro atoms. The SMILES string of the molecule is NC1CCCC2CN(C(=O)c3ccc4ccccc4c3)CC12. The lowest BCUT2D eigenvalue weighted by Gasteiger charge is -2.29. The zero-order valence-electron chi connectivity index (χ0n) is 12.7. The van der Waals surface area contributed by atoms with E-state index in [1.54, 1.807) is 0 Å². The second kappa shape index (κ2) is 5.40. The third-order valence-corrected chi connectivity index (χ3v) is 5.44. The summed E-state index contributed by atoms with van der Waals surface area (Å²) in [6.45, 7) is 1.71. The minimum atomic E-state index is 0.160. The molecule has 1 aliphatic heterocycles. The fourth-order valence-corrected chi connectivity index (χ4v) is 4.19. The summed E-state index contributed by atoms with van der Waals surface area (Å²) in [4.78, 5) is 14.8. The summed E-state index contributed by atoms with van der Waals surface area (Å²) < 4.78 is 0. The van der Waals surface area contributed by atoms with Crippen LogP contribution in [0.5, 0.6) is 0 Å². The minimum absolute atomic E-state index is 0.160. The van der Waals surface area contributed by atoms with Crippen molar-refractivity contribution >= 4 is 16.7 Å². The van der Waals surface area contributed by atoms with Crippen molar-refractivity contribution in [2.24, 2.45) is 17.6 Å². The first-order chi connectivity index (χ1) is 10.7. The summed E-state index contributed by atoms with van der Waals surface area (Å²) in [6, 6.07) is 14.5. The molecule has 4 rings (SSSR count). The van der Waals surface area contributed by atoms with Crippen molar-refractivity contribution in [3.8, 4) is 0 Å². The van der Waals surface area contributed by atoms with E-state index < -0.39 is 0 Å². The van der Waals surface area contributed by atoms with Gasteiger partial charge in [0.05, 0.1) is 0 Å². The maximum atomic E-state index is 12.8. The molecular weight excluding hydrogens is 272 g/mol. The number of hydrogen-bond donors (Lipinski definition) is 1. The van der Waals surface area contributed by atoms with Crippen molar-refractivity contribution in [3.05, 3.63) is 48.0 Å². The van der Waals surface area contributed by atoms with Crippen LogP contribution in [0.2, 0.25) is 0 Å². The van der Waals surface area contributed by atoms with E-state index in [4.69, 9.17) is 5.73 Å². The number of likely N-dealkylation sites (tertiary alicyclic amines) is 1. The predicted molar refractivity (Wildman–Crippen MR) is 88.7 cm³/mol. The molecule has 3 atom stereocenters. The monoisotopic (exact) mass is 294 g/mol. The Morgan fingerprint density at radius 3 is 2.68 bits per heavy atom. The zero-order valence-corrected chi connectivity index (χ0v) is 12.7. The van der Waals surface area contributed by atoms with E-state index >= 15 is 0 Å². The van der Waals surface area contributed by atoms with Gasteiger partial charge in [0.25, 0.3) is 5.91 Å². The van der Waals surface area contributed by atoms with Crippen molar-refractivity contribution in [2.45, 2.75) is 25.3 Å². The van der Waals surface area contributed by atoms with Crippen molar-refractivity contribution in [1.82, 2.24) is 4.90 Å². The molecule has 2 aromatic carbocycles. The van der Waals surface area contributed by atoms with Crippen LogP contribution in [0.15, 0.2) is 42.5 Å². The van der Waals surface area contributed by atoms with Crippen LogP contribution in [0.3, 0.4) is 0 Å². The van der Waals surface area contributed by atoms with Crippen LogP contribution in [0.25, 0.3) is 10.8 Å². The molecule has 1 aliphatic carbocycles. The van der Waals surface area contributed by atoms with Crippen molar-refractivity contribution in [3.63, 3.8) is 0 Å². The first-order valence-electron chi connectivity index (χ1n) is 8.26. The average Bonchev–Trinajstić information content (AvgIpc) is 2.99. The van der Waals surface area contributed by atoms with Crippen molar-refractivity contribution in [2.75, 3.05) is 13.1 Å². The van der Waals surface area contributed by atoms with Gasteiger partial charge in [-0.1, -0.05) is 36.8 Å². The second-order valence-corrected chi connectivity index (χ2v) is 6.79. The smallest absolute Gasteiger partial charge is 0.253 e. The van der Waals surface area contributed by atoms with Gasteiger partial charge in [0.1, 0.15) is 0 Å². The van der Waals surface area contributed by atoms with E-state index in [1.807, 2.05) is 35.2 Å². The number of amides is 1. The first kappa shape index (κ1) is 13.8. The van der Waals surface area contributed by atoms with Crippen LogP contribution in [0, 0.1) is 11.8 Å². The molecule has 1 saturated heterocycles. The molecule has 3 nitrogen and oxygen atoms in total. The van der Waals surface area contributed by atoms with Crippen LogP contribution >= 0.6 is 0 Å². The zero-order chi connectivity index (χ0) is 15.1. The van der Waals surface area contributed by atoms with E-state index in [2.05, 4.69) is 12.1 Å². The van der Waals surface area contributed by atoms with Crippen LogP contribution in [-0.4, -0.2) is 29.9 Å². The van der Waals surface area contributed by atoms with Gasteiger partial charge in [-0.05, 0) is 47.6 Å². The molecule has 0 radical (unpaired) electrons. The second-order valence-electron chi connectivity index (χ2n) is 6.79. The Bertz CT molecular complexity index is 711. The lowest BCUT2D eigenvalue weighted by Crippen LogP contribution is -2.38. The number of benzene rings is 2. The third kappa shape index (κ3) is 2.30. The van der Waals surface area contributed by atoms with E-state index in [9.17, 15) is 4.79 Å². The Balaban J connectivity index is 1.58. The summed E-state index contributed by atoms with van der Waals surface area (Å²) >= 11 is 0. The van der Waals surface area contributed by atoms with Crippen LogP contribution in [-0.2, 0) is 0 Å². The first-order valence-corrected chi connectivity index (χ1v) is 8.26. The summed E-state index contributed by atoms with van der Waals surface area (Å²) in [6.07, 6.45) is 3.54. The number of nitrogens with zero attached hydrogens (tertiary/aromatic N) is 1. The Hall–Kier alpha value is -1.87. The fraction of sp³-hybridized carbons (Fsp3) is 0.421. The Labute approximate surface area is 131 Å². The highest BCUT2D eigenvalue weighted by molar-refractivity contribution is 5.98. The van der Waals surface area contributed by atoms with Crippen LogP contribution in [0.1, 0.15) is 29.6 Å². The van der Waals surface area contributed by atoms with E-state index in [1.165, 1.54) is 18.2 Å². The van der Waals surface area contributed by atoms with Gasteiger partial charge in [0.15, 0.2) is 0 Å². The average molecular weight is 294 g/mol. The Morgan fingerprint density at radius 2 is 1.86 bits per heavy atom. The Morgan fingerprint density at radius 1 is 1.05 bits per heavy atom. The Kier molecular flexibility index (Phi) is 3.38. The summed E-state index contributed by atoms with van der Waals surface area (Å²) in [5.74, 6) is 1.26. The van der Waals surface area contributed by atoms with Crippen molar-refractivity contribution in [1.29, 1.82) is 0 Å². The molecule has 2 aromatic rings. The molecule has 114 valence electrons. The molecular formula is C19H22N2O. The van der Waals surface area contributed by atoms with Gasteiger partial charge >= 0.3 is 0 Å². The summed E-state index contributed by atoms with van der Waals surface area (Å²) in [7, 11) is 0. The number of carbonyl (C=O) groups is 1. The lowest BCUT2D eigenvalue weighted by atomic mass is 9.78. The largest absolute Gasteiger partial charge is 0.338 e. The van der Waals surface area contributed by atoms with Gasteiger partial charge in [-0.25, -0.2) is 0 Å². The fourth-order valence-electron chi connectivity index (χ4n) is 4.19. The molecule has 2 N–H and O–H groups in total. The number of hydrogen-bond acceptors (Lipinski definition) is 2. The molecule has 2 aliphatic rings. The molecule has 3 heteroatoms. The van der Waals surface area contributed by atoms with Gasteiger partial charge in [0, 0.05) is 24.7 Å². The normalized spacial score (nSPS) is 27.9. The van der Waals surface area contributed by atoms with Crippen molar-refractivity contribution < 1.29 is 4.79 Å². The van der Waals surface area contributed by atoms with Gasteiger partial charge in [-0.3, -0.25) is 4.79 Å². The summed E-state index contributed by atoms with van der Waals surface area (Å²) in [5.41, 5.74) is 7.05. The lowest BCUT2D eigenvalue weighted by molar-refractivity contribution is 0.0783. The number of rotatable bonds is 1. The molecule has 0 aromatic heterocycles. The molecule has 3 unspecified atom stereocenters. The maximum absolute atomic E-state index is 12.8. The molecule has 0 bridgehead atoms. The molecule has 22 heavy (non-hydrogen) atoms. The van der Waals surface area contributed by atoms with E-state index in [0.717, 1.165) is 30.5 Å². The predicted octanol–water partition coefficient (Wildman–Crippen LogP) is 3.04.